The summed E-state index contributed by atoms with van der Waals surface area (Å²) in [6, 6.07) is 0. The van der Waals surface area contributed by atoms with Crippen molar-refractivity contribution in [1.29, 1.82) is 0 Å². The molecule has 0 aliphatic rings. The van der Waals surface area contributed by atoms with Gasteiger partial charge in [-0.15, -0.1) is 0 Å². The maximum atomic E-state index is 8.89. The quantitative estimate of drug-likeness (QED) is 0.363. The van der Waals surface area contributed by atoms with E-state index in [1.165, 1.54) is 0 Å². The molecule has 0 aliphatic carbocycles. The van der Waals surface area contributed by atoms with Gasteiger partial charge in [-0.3, -0.25) is 0 Å². The van der Waals surface area contributed by atoms with Crippen molar-refractivity contribution in [3.8, 4) is 0 Å². The van der Waals surface area contributed by atoms with Crippen LogP contribution in [0.4, 0.5) is 0 Å². The zero-order valence-corrected chi connectivity index (χ0v) is 4.38. The second kappa shape index (κ2) is 4.18. The Morgan fingerprint density at radius 3 is 1.80 bits per heavy atom. The first-order valence-electron chi connectivity index (χ1n) is 0.908. The molecule has 0 aromatic rings. The summed E-state index contributed by atoms with van der Waals surface area (Å²) in [6.45, 7) is 0.972. The van der Waals surface area contributed by atoms with E-state index in [0.717, 1.165) is 6.92 Å². The van der Waals surface area contributed by atoms with E-state index in [1.54, 1.807) is 0 Å². The second-order valence-electron chi connectivity index (χ2n) is 0.492. The van der Waals surface area contributed by atoms with Crippen molar-refractivity contribution in [2.75, 3.05) is 0 Å². The Bertz CT molecular complexity index is 30.6. The molecular weight excluding hydrogens is 104 g/mol. The zero-order chi connectivity index (χ0) is 3.58. The van der Waals surface area contributed by atoms with Crippen LogP contribution in [0, 0.1) is 0 Å². The van der Waals surface area contributed by atoms with Gasteiger partial charge >= 0.3 is 0 Å². The predicted molar refractivity (Wildman–Crippen MR) is 10.7 cm³/mol. The summed E-state index contributed by atoms with van der Waals surface area (Å²) < 4.78 is 0. The largest absolute Gasteiger partial charge is 0.550 e. The summed E-state index contributed by atoms with van der Waals surface area (Å²) in [5.74, 6) is -1.08. The normalized spacial score (nSPS) is 5.00. The van der Waals surface area contributed by atoms with E-state index in [0.29, 0.717) is 0 Å². The molecule has 0 aromatic heterocycles. The minimum atomic E-state index is -1.08. The first kappa shape index (κ1) is 8.95. The van der Waals surface area contributed by atoms with Crippen LogP contribution in [0.15, 0.2) is 0 Å². The summed E-state index contributed by atoms with van der Waals surface area (Å²) >= 11 is 0. The molecule has 2 nitrogen and oxygen atoms in total. The van der Waals surface area contributed by atoms with Crippen LogP contribution in [-0.2, 0) is 26.5 Å². The minimum absolute atomic E-state index is 0. The van der Waals surface area contributed by atoms with E-state index in [2.05, 4.69) is 0 Å². The van der Waals surface area contributed by atoms with E-state index in [1.807, 2.05) is 0 Å². The average molecular weight is 107 g/mol. The third-order valence-electron chi connectivity index (χ3n) is 0. The molecule has 0 fully saturated rings. The number of carboxylic acid groups (broad SMARTS) is 1. The molecule has 0 aliphatic heterocycles. The van der Waals surface area contributed by atoms with Gasteiger partial charge < -0.3 is 9.90 Å². The van der Waals surface area contributed by atoms with Crippen molar-refractivity contribution in [1.82, 2.24) is 0 Å². The van der Waals surface area contributed by atoms with Crippen molar-refractivity contribution < 1.29 is 31.6 Å². The van der Waals surface area contributed by atoms with E-state index in [4.69, 9.17) is 9.90 Å². The van der Waals surface area contributed by atoms with Crippen molar-refractivity contribution in [3.63, 3.8) is 0 Å². The Labute approximate surface area is 45.1 Å². The summed E-state index contributed by atoms with van der Waals surface area (Å²) in [4.78, 5) is 8.89. The van der Waals surface area contributed by atoms with Gasteiger partial charge in [0, 0.05) is 27.7 Å². The smallest absolute Gasteiger partial charge is 0.0383 e. The first-order chi connectivity index (χ1) is 1.73. The van der Waals surface area contributed by atoms with E-state index in [-0.39, 0.29) is 21.7 Å². The molecule has 0 saturated carbocycles. The fourth-order valence-electron chi connectivity index (χ4n) is 0. The zero-order valence-electron chi connectivity index (χ0n) is 2.82. The Morgan fingerprint density at radius 2 is 1.80 bits per heavy atom. The number of carbonyl (C=O) groups is 1. The van der Waals surface area contributed by atoms with Crippen LogP contribution < -0.4 is 5.11 Å². The van der Waals surface area contributed by atoms with E-state index >= 15 is 0 Å². The van der Waals surface area contributed by atoms with Gasteiger partial charge in [-0.1, -0.05) is 0 Å². The van der Waals surface area contributed by atoms with Gasteiger partial charge in [-0.2, -0.15) is 0 Å². The molecule has 0 radical (unpaired) electrons. The molecule has 0 saturated heterocycles. The molecule has 28 valence electrons. The van der Waals surface area contributed by atoms with Crippen LogP contribution in [0.5, 0.6) is 0 Å². The summed E-state index contributed by atoms with van der Waals surface area (Å²) in [6.07, 6.45) is 0. The van der Waals surface area contributed by atoms with Crippen molar-refractivity contribution in [2.45, 2.75) is 6.92 Å². The van der Waals surface area contributed by atoms with Crippen LogP contribution in [0.3, 0.4) is 0 Å². The maximum Gasteiger partial charge on any atom is 0.0383 e. The molecule has 0 unspecified atom stereocenters. The minimum Gasteiger partial charge on any atom is -0.550 e. The Balaban J connectivity index is 0. The van der Waals surface area contributed by atoms with Gasteiger partial charge in [0.15, 0.2) is 0 Å². The number of aliphatic carboxylic acids is 1. The fourth-order valence-corrected chi connectivity index (χ4v) is 0. The van der Waals surface area contributed by atoms with Crippen molar-refractivity contribution in [2.24, 2.45) is 0 Å². The van der Waals surface area contributed by atoms with Crippen LogP contribution in [-0.4, -0.2) is 5.97 Å². The molecule has 0 atom stereocenters. The molecule has 0 heterocycles. The predicted octanol–water partition coefficient (Wildman–Crippen LogP) is -1.25. The van der Waals surface area contributed by atoms with Gasteiger partial charge in [0.25, 0.3) is 0 Å². The molecule has 0 bridgehead atoms. The number of hydrogen-bond acceptors (Lipinski definition) is 2. The number of carbonyl (C=O) groups excluding carboxylic acids is 1. The third kappa shape index (κ3) is 588. The van der Waals surface area contributed by atoms with Gasteiger partial charge in [-0.05, 0) is 6.92 Å². The van der Waals surface area contributed by atoms with Gasteiger partial charge in [0.2, 0.25) is 0 Å². The number of hydrogen-bond donors (Lipinski definition) is 0. The summed E-state index contributed by atoms with van der Waals surface area (Å²) in [5, 5.41) is 8.89. The fraction of sp³-hybridized carbons (Fsp3) is 0.500. The molecule has 3 heteroatoms. The standard InChI is InChI=1S/C2H4O2.Ti/c1-2(3)4;/h1H3,(H,3,4);/p-1. The van der Waals surface area contributed by atoms with Crippen LogP contribution in [0.25, 0.3) is 0 Å². The average Bonchev–Trinajstić information content (AvgIpc) is 0.811. The Morgan fingerprint density at radius 1 is 1.80 bits per heavy atom. The van der Waals surface area contributed by atoms with Gasteiger partial charge in [-0.25, -0.2) is 0 Å². The number of carboxylic acids is 1. The first-order valence-corrected chi connectivity index (χ1v) is 0.908. The topological polar surface area (TPSA) is 40.1 Å². The Kier molecular flexibility index (Phi) is 7.49. The van der Waals surface area contributed by atoms with Gasteiger partial charge in [0.1, 0.15) is 0 Å². The molecule has 0 N–H and O–H groups in total. The molecule has 5 heavy (non-hydrogen) atoms. The molecule has 0 spiro atoms. The second-order valence-corrected chi connectivity index (χ2v) is 0.492. The van der Waals surface area contributed by atoms with Crippen LogP contribution in [0.2, 0.25) is 0 Å². The van der Waals surface area contributed by atoms with Crippen LogP contribution in [0.1, 0.15) is 6.92 Å². The third-order valence-corrected chi connectivity index (χ3v) is 0. The van der Waals surface area contributed by atoms with E-state index in [9.17, 15) is 0 Å². The van der Waals surface area contributed by atoms with E-state index < -0.39 is 5.97 Å². The molecule has 0 aromatic carbocycles. The SMILES string of the molecule is CC(=O)[O-].[Ti]. The monoisotopic (exact) mass is 107 g/mol. The van der Waals surface area contributed by atoms with Crippen LogP contribution >= 0.6 is 0 Å². The van der Waals surface area contributed by atoms with Crippen molar-refractivity contribution >= 4 is 5.97 Å². The molecular formula is C2H3O2Ti-. The molecule has 0 amide bonds. The Hall–Kier alpha value is 0.184. The summed E-state index contributed by atoms with van der Waals surface area (Å²) in [7, 11) is 0. The van der Waals surface area contributed by atoms with Crippen molar-refractivity contribution in [3.05, 3.63) is 0 Å². The maximum absolute atomic E-state index is 8.89. The van der Waals surface area contributed by atoms with Gasteiger partial charge in [0.05, 0.1) is 0 Å². The summed E-state index contributed by atoms with van der Waals surface area (Å²) in [5.41, 5.74) is 0. The number of rotatable bonds is 0. The molecule has 0 rings (SSSR count).